The standard InChI is InChI=1S/C21H18F2N6O/c1-21(22,23)16-3-2-4-17(29-16)30-15-7-5-14(6-8-15)9-10-25-19-18-20(28-13-27-19)26-12-11-24-18/h2-8,11-13H,9-10H2,1H3,(H,25,26,27,28). The molecule has 0 fully saturated rings. The summed E-state index contributed by atoms with van der Waals surface area (Å²) in [6.07, 6.45) is 5.37. The second-order valence-corrected chi connectivity index (χ2v) is 6.62. The van der Waals surface area contributed by atoms with Gasteiger partial charge in [-0.2, -0.15) is 8.78 Å². The van der Waals surface area contributed by atoms with E-state index in [1.807, 2.05) is 12.1 Å². The first-order valence-corrected chi connectivity index (χ1v) is 9.27. The Labute approximate surface area is 171 Å². The van der Waals surface area contributed by atoms with Crippen LogP contribution >= 0.6 is 0 Å². The van der Waals surface area contributed by atoms with Crippen LogP contribution in [0.1, 0.15) is 18.2 Å². The van der Waals surface area contributed by atoms with Gasteiger partial charge in [0.1, 0.15) is 23.3 Å². The Kier molecular flexibility index (Phi) is 5.42. The van der Waals surface area contributed by atoms with E-state index >= 15 is 0 Å². The number of aromatic nitrogens is 5. The number of hydrogen-bond acceptors (Lipinski definition) is 7. The van der Waals surface area contributed by atoms with Crippen molar-refractivity contribution in [3.63, 3.8) is 0 Å². The van der Waals surface area contributed by atoms with E-state index in [1.165, 1.54) is 18.5 Å². The average molecular weight is 408 g/mol. The van der Waals surface area contributed by atoms with Crippen molar-refractivity contribution < 1.29 is 13.5 Å². The van der Waals surface area contributed by atoms with Gasteiger partial charge in [-0.25, -0.2) is 24.9 Å². The molecule has 0 saturated heterocycles. The third kappa shape index (κ3) is 4.62. The lowest BCUT2D eigenvalue weighted by atomic mass is 10.1. The number of halogens is 2. The van der Waals surface area contributed by atoms with Gasteiger partial charge in [0.15, 0.2) is 11.5 Å². The third-order valence-electron chi connectivity index (χ3n) is 4.30. The summed E-state index contributed by atoms with van der Waals surface area (Å²) in [5, 5.41) is 3.25. The van der Waals surface area contributed by atoms with Gasteiger partial charge in [-0.1, -0.05) is 18.2 Å². The lowest BCUT2D eigenvalue weighted by molar-refractivity contribution is 0.0123. The Balaban J connectivity index is 1.36. The summed E-state index contributed by atoms with van der Waals surface area (Å²) in [4.78, 5) is 20.6. The number of hydrogen-bond donors (Lipinski definition) is 1. The molecular formula is C21H18F2N6O. The van der Waals surface area contributed by atoms with Gasteiger partial charge in [-0.3, -0.25) is 0 Å². The number of anilines is 1. The summed E-state index contributed by atoms with van der Waals surface area (Å²) in [6.45, 7) is 1.44. The number of nitrogens with zero attached hydrogens (tertiary/aromatic N) is 5. The van der Waals surface area contributed by atoms with Gasteiger partial charge >= 0.3 is 0 Å². The molecule has 0 aliphatic heterocycles. The van der Waals surface area contributed by atoms with Crippen LogP contribution in [-0.2, 0) is 12.3 Å². The lowest BCUT2D eigenvalue weighted by Gasteiger charge is -2.11. The number of rotatable bonds is 7. The fourth-order valence-electron chi connectivity index (χ4n) is 2.81. The molecule has 4 rings (SSSR count). The summed E-state index contributed by atoms with van der Waals surface area (Å²) >= 11 is 0. The Morgan fingerprint density at radius 3 is 2.57 bits per heavy atom. The monoisotopic (exact) mass is 408 g/mol. The van der Waals surface area contributed by atoms with Crippen molar-refractivity contribution in [2.75, 3.05) is 11.9 Å². The highest BCUT2D eigenvalue weighted by Gasteiger charge is 2.26. The van der Waals surface area contributed by atoms with Crippen molar-refractivity contribution in [1.82, 2.24) is 24.9 Å². The molecule has 9 heteroatoms. The smallest absolute Gasteiger partial charge is 0.287 e. The highest BCUT2D eigenvalue weighted by atomic mass is 19.3. The molecular weight excluding hydrogens is 390 g/mol. The second kappa shape index (κ2) is 8.32. The SMILES string of the molecule is CC(F)(F)c1cccc(Oc2ccc(CCNc3ncnc4nccnc34)cc2)n1. The van der Waals surface area contributed by atoms with Gasteiger partial charge in [0.05, 0.1) is 0 Å². The van der Waals surface area contributed by atoms with Crippen molar-refractivity contribution in [2.45, 2.75) is 19.3 Å². The predicted molar refractivity (Wildman–Crippen MR) is 108 cm³/mol. The molecule has 1 aromatic carbocycles. The minimum absolute atomic E-state index is 0.125. The molecule has 3 aromatic heterocycles. The van der Waals surface area contributed by atoms with E-state index in [0.29, 0.717) is 29.3 Å². The highest BCUT2D eigenvalue weighted by molar-refractivity contribution is 5.81. The Bertz CT molecular complexity index is 1140. The zero-order valence-corrected chi connectivity index (χ0v) is 16.1. The van der Waals surface area contributed by atoms with E-state index in [1.54, 1.807) is 30.6 Å². The molecule has 152 valence electrons. The summed E-state index contributed by atoms with van der Waals surface area (Å²) in [6, 6.07) is 11.7. The van der Waals surface area contributed by atoms with Crippen LogP contribution in [0.2, 0.25) is 0 Å². The summed E-state index contributed by atoms with van der Waals surface area (Å²) in [5.41, 5.74) is 1.90. The largest absolute Gasteiger partial charge is 0.439 e. The molecule has 0 spiro atoms. The molecule has 1 N–H and O–H groups in total. The molecule has 0 saturated carbocycles. The van der Waals surface area contributed by atoms with Crippen LogP contribution in [0.15, 0.2) is 61.2 Å². The number of benzene rings is 1. The first-order chi connectivity index (χ1) is 14.5. The molecule has 3 heterocycles. The number of pyridine rings is 1. The van der Waals surface area contributed by atoms with Crippen LogP contribution in [0.25, 0.3) is 11.2 Å². The van der Waals surface area contributed by atoms with Crippen LogP contribution in [0.5, 0.6) is 11.6 Å². The molecule has 0 bridgehead atoms. The number of fused-ring (bicyclic) bond motifs is 1. The second-order valence-electron chi connectivity index (χ2n) is 6.62. The van der Waals surface area contributed by atoms with Crippen molar-refractivity contribution in [3.8, 4) is 11.6 Å². The van der Waals surface area contributed by atoms with Gasteiger partial charge < -0.3 is 10.1 Å². The van der Waals surface area contributed by atoms with Crippen molar-refractivity contribution in [2.24, 2.45) is 0 Å². The lowest BCUT2D eigenvalue weighted by Crippen LogP contribution is -2.09. The molecule has 4 aromatic rings. The Morgan fingerprint density at radius 1 is 0.967 bits per heavy atom. The topological polar surface area (TPSA) is 85.7 Å². The van der Waals surface area contributed by atoms with Crippen LogP contribution in [0.3, 0.4) is 0 Å². The number of ether oxygens (including phenoxy) is 1. The van der Waals surface area contributed by atoms with E-state index in [9.17, 15) is 8.78 Å². The molecule has 0 amide bonds. The molecule has 0 aliphatic carbocycles. The number of nitrogens with one attached hydrogen (secondary N) is 1. The molecule has 7 nitrogen and oxygen atoms in total. The molecule has 0 atom stereocenters. The van der Waals surface area contributed by atoms with E-state index in [0.717, 1.165) is 18.9 Å². The molecule has 0 unspecified atom stereocenters. The quantitative estimate of drug-likeness (QED) is 0.486. The molecule has 0 aliphatic rings. The summed E-state index contributed by atoms with van der Waals surface area (Å²) in [5.74, 6) is -1.74. The van der Waals surface area contributed by atoms with Gasteiger partial charge in [-0.15, -0.1) is 0 Å². The summed E-state index contributed by atoms with van der Waals surface area (Å²) < 4.78 is 32.4. The fraction of sp³-hybridized carbons (Fsp3) is 0.190. The van der Waals surface area contributed by atoms with E-state index < -0.39 is 5.92 Å². The average Bonchev–Trinajstić information content (AvgIpc) is 2.75. The zero-order chi connectivity index (χ0) is 21.0. The van der Waals surface area contributed by atoms with Crippen molar-refractivity contribution in [3.05, 3.63) is 72.4 Å². The van der Waals surface area contributed by atoms with Gasteiger partial charge in [-0.05, 0) is 30.2 Å². The maximum absolute atomic E-state index is 13.4. The molecule has 0 radical (unpaired) electrons. The van der Waals surface area contributed by atoms with E-state index in [-0.39, 0.29) is 11.6 Å². The van der Waals surface area contributed by atoms with Gasteiger partial charge in [0.25, 0.3) is 5.92 Å². The van der Waals surface area contributed by atoms with Crippen LogP contribution in [0.4, 0.5) is 14.6 Å². The van der Waals surface area contributed by atoms with Crippen LogP contribution < -0.4 is 10.1 Å². The third-order valence-corrected chi connectivity index (χ3v) is 4.30. The van der Waals surface area contributed by atoms with E-state index in [2.05, 4.69) is 30.2 Å². The molecule has 30 heavy (non-hydrogen) atoms. The maximum atomic E-state index is 13.4. The maximum Gasteiger partial charge on any atom is 0.287 e. The van der Waals surface area contributed by atoms with Crippen molar-refractivity contribution in [1.29, 1.82) is 0 Å². The minimum atomic E-state index is -3.02. The van der Waals surface area contributed by atoms with Crippen molar-refractivity contribution >= 4 is 17.0 Å². The number of alkyl halides is 2. The fourth-order valence-corrected chi connectivity index (χ4v) is 2.81. The Hall–Kier alpha value is -3.75. The zero-order valence-electron chi connectivity index (χ0n) is 16.1. The minimum Gasteiger partial charge on any atom is -0.439 e. The summed E-state index contributed by atoms with van der Waals surface area (Å²) in [7, 11) is 0. The Morgan fingerprint density at radius 2 is 1.77 bits per heavy atom. The van der Waals surface area contributed by atoms with Crippen LogP contribution in [0, 0.1) is 0 Å². The van der Waals surface area contributed by atoms with E-state index in [4.69, 9.17) is 4.74 Å². The highest BCUT2D eigenvalue weighted by Crippen LogP contribution is 2.28. The van der Waals surface area contributed by atoms with Gasteiger partial charge in [0, 0.05) is 31.9 Å². The normalized spacial score (nSPS) is 11.4. The van der Waals surface area contributed by atoms with Crippen LogP contribution in [-0.4, -0.2) is 31.5 Å². The predicted octanol–water partition coefficient (Wildman–Crippen LogP) is 4.37. The van der Waals surface area contributed by atoms with Gasteiger partial charge in [0.2, 0.25) is 5.88 Å². The first-order valence-electron chi connectivity index (χ1n) is 9.27. The first kappa shape index (κ1) is 19.6.